The Balaban J connectivity index is 1.45. The van der Waals surface area contributed by atoms with Crippen LogP contribution in [0.5, 0.6) is 5.75 Å². The Labute approximate surface area is 183 Å². The SMILES string of the molecule is COc1cc(C(=O)NCc2ccc(-c3ccc(Cl)cc3)s2)ccc1-n1cnc(C)c1. The van der Waals surface area contributed by atoms with Gasteiger partial charge in [-0.05, 0) is 55.0 Å². The van der Waals surface area contributed by atoms with Crippen LogP contribution in [0.3, 0.4) is 0 Å². The van der Waals surface area contributed by atoms with E-state index in [1.807, 2.05) is 54.1 Å². The first kappa shape index (κ1) is 20.2. The van der Waals surface area contributed by atoms with Crippen molar-refractivity contribution in [3.05, 3.63) is 88.3 Å². The van der Waals surface area contributed by atoms with Gasteiger partial charge in [-0.3, -0.25) is 4.79 Å². The lowest BCUT2D eigenvalue weighted by molar-refractivity contribution is 0.0951. The van der Waals surface area contributed by atoms with Crippen LogP contribution in [0.4, 0.5) is 0 Å². The second kappa shape index (κ2) is 8.73. The van der Waals surface area contributed by atoms with Crippen LogP contribution < -0.4 is 10.1 Å². The van der Waals surface area contributed by atoms with Gasteiger partial charge >= 0.3 is 0 Å². The van der Waals surface area contributed by atoms with Crippen LogP contribution in [0.2, 0.25) is 5.02 Å². The molecule has 7 heteroatoms. The van der Waals surface area contributed by atoms with Crippen LogP contribution in [-0.2, 0) is 6.54 Å². The first-order valence-corrected chi connectivity index (χ1v) is 10.5. The summed E-state index contributed by atoms with van der Waals surface area (Å²) in [6.07, 6.45) is 3.63. The molecular formula is C23H20ClN3O2S. The normalized spacial score (nSPS) is 10.8. The molecule has 0 bridgehead atoms. The molecule has 30 heavy (non-hydrogen) atoms. The maximum atomic E-state index is 12.7. The number of methoxy groups -OCH3 is 1. The standard InChI is InChI=1S/C23H20ClN3O2S/c1-15-13-27(14-26-15)20-9-5-17(11-21(20)29-2)23(28)25-12-19-8-10-22(30-19)16-3-6-18(24)7-4-16/h3-11,13-14H,12H2,1-2H3,(H,25,28). The number of nitrogens with one attached hydrogen (secondary N) is 1. The van der Waals surface area contributed by atoms with E-state index in [1.54, 1.807) is 36.9 Å². The number of nitrogens with zero attached hydrogens (tertiary/aromatic N) is 2. The van der Waals surface area contributed by atoms with Gasteiger partial charge in [0.25, 0.3) is 5.91 Å². The van der Waals surface area contributed by atoms with Crippen molar-refractivity contribution in [3.8, 4) is 21.9 Å². The van der Waals surface area contributed by atoms with Gasteiger partial charge < -0.3 is 14.6 Å². The van der Waals surface area contributed by atoms with Crippen molar-refractivity contribution in [2.24, 2.45) is 0 Å². The van der Waals surface area contributed by atoms with E-state index in [2.05, 4.69) is 16.4 Å². The van der Waals surface area contributed by atoms with Gasteiger partial charge in [-0.15, -0.1) is 11.3 Å². The van der Waals surface area contributed by atoms with Crippen LogP contribution in [0.1, 0.15) is 20.9 Å². The number of carbonyl (C=O) groups is 1. The lowest BCUT2D eigenvalue weighted by Gasteiger charge is -2.11. The molecule has 0 saturated carbocycles. The van der Waals surface area contributed by atoms with Crippen LogP contribution in [0.15, 0.2) is 67.1 Å². The first-order chi connectivity index (χ1) is 14.5. The summed E-state index contributed by atoms with van der Waals surface area (Å²) in [5, 5.41) is 3.69. The van der Waals surface area contributed by atoms with E-state index in [1.165, 1.54) is 0 Å². The zero-order valence-corrected chi connectivity index (χ0v) is 18.1. The van der Waals surface area contributed by atoms with Crippen LogP contribution in [0.25, 0.3) is 16.1 Å². The second-order valence-corrected chi connectivity index (χ2v) is 8.37. The van der Waals surface area contributed by atoms with Crippen LogP contribution in [0, 0.1) is 6.92 Å². The molecule has 0 atom stereocenters. The fourth-order valence-corrected chi connectivity index (χ4v) is 4.18. The maximum absolute atomic E-state index is 12.7. The minimum Gasteiger partial charge on any atom is -0.495 e. The molecule has 4 rings (SSSR count). The number of hydrogen-bond donors (Lipinski definition) is 1. The number of benzene rings is 2. The molecule has 0 spiro atoms. The van der Waals surface area contributed by atoms with E-state index in [0.29, 0.717) is 22.9 Å². The Morgan fingerprint density at radius 1 is 1.17 bits per heavy atom. The summed E-state index contributed by atoms with van der Waals surface area (Å²) in [4.78, 5) is 19.1. The quantitative estimate of drug-likeness (QED) is 0.433. The minimum absolute atomic E-state index is 0.150. The van der Waals surface area contributed by atoms with Crippen molar-refractivity contribution in [2.75, 3.05) is 7.11 Å². The Bertz CT molecular complexity index is 1180. The number of carbonyl (C=O) groups excluding carboxylic acids is 1. The number of rotatable bonds is 6. The molecule has 0 saturated heterocycles. The lowest BCUT2D eigenvalue weighted by atomic mass is 10.1. The summed E-state index contributed by atoms with van der Waals surface area (Å²) in [6.45, 7) is 2.38. The molecule has 2 aromatic heterocycles. The average molecular weight is 438 g/mol. The zero-order chi connectivity index (χ0) is 21.1. The van der Waals surface area contributed by atoms with Crippen molar-refractivity contribution in [1.29, 1.82) is 0 Å². The van der Waals surface area contributed by atoms with Crippen molar-refractivity contribution in [3.63, 3.8) is 0 Å². The highest BCUT2D eigenvalue weighted by molar-refractivity contribution is 7.15. The van der Waals surface area contributed by atoms with Crippen molar-refractivity contribution >= 4 is 28.8 Å². The Hall–Kier alpha value is -3.09. The number of aromatic nitrogens is 2. The highest BCUT2D eigenvalue weighted by Gasteiger charge is 2.12. The molecule has 152 valence electrons. The fraction of sp³-hybridized carbons (Fsp3) is 0.130. The largest absolute Gasteiger partial charge is 0.495 e. The number of halogens is 1. The van der Waals surface area contributed by atoms with E-state index in [9.17, 15) is 4.79 Å². The van der Waals surface area contributed by atoms with E-state index in [4.69, 9.17) is 16.3 Å². The molecule has 2 heterocycles. The molecule has 2 aromatic carbocycles. The second-order valence-electron chi connectivity index (χ2n) is 6.76. The number of amides is 1. The van der Waals surface area contributed by atoms with Crippen molar-refractivity contribution in [2.45, 2.75) is 13.5 Å². The summed E-state index contributed by atoms with van der Waals surface area (Å²) in [6, 6.07) is 17.2. The number of imidazole rings is 1. The highest BCUT2D eigenvalue weighted by atomic mass is 35.5. The number of thiophene rings is 1. The van der Waals surface area contributed by atoms with E-state index >= 15 is 0 Å². The third-order valence-corrected chi connectivity index (χ3v) is 6.03. The lowest BCUT2D eigenvalue weighted by Crippen LogP contribution is -2.22. The molecule has 0 aliphatic rings. The van der Waals surface area contributed by atoms with Gasteiger partial charge in [0.1, 0.15) is 5.75 Å². The smallest absolute Gasteiger partial charge is 0.251 e. The van der Waals surface area contributed by atoms with Crippen molar-refractivity contribution < 1.29 is 9.53 Å². The topological polar surface area (TPSA) is 56.1 Å². The van der Waals surface area contributed by atoms with Gasteiger partial charge in [0.05, 0.1) is 31.4 Å². The van der Waals surface area contributed by atoms with Gasteiger partial charge in [0.2, 0.25) is 0 Å². The molecule has 1 N–H and O–H groups in total. The molecule has 0 fully saturated rings. The third kappa shape index (κ3) is 4.40. The van der Waals surface area contributed by atoms with E-state index in [-0.39, 0.29) is 5.91 Å². The van der Waals surface area contributed by atoms with Gasteiger partial charge in [0, 0.05) is 26.5 Å². The van der Waals surface area contributed by atoms with Gasteiger partial charge in [-0.2, -0.15) is 0 Å². The van der Waals surface area contributed by atoms with Gasteiger partial charge in [-0.25, -0.2) is 4.98 Å². The Kier molecular flexibility index (Phi) is 5.88. The van der Waals surface area contributed by atoms with Crippen LogP contribution in [-0.4, -0.2) is 22.6 Å². The minimum atomic E-state index is -0.150. The van der Waals surface area contributed by atoms with Crippen molar-refractivity contribution in [1.82, 2.24) is 14.9 Å². The molecule has 0 aliphatic heterocycles. The molecular weight excluding hydrogens is 418 g/mol. The number of aryl methyl sites for hydroxylation is 1. The summed E-state index contributed by atoms with van der Waals surface area (Å²) < 4.78 is 7.36. The monoisotopic (exact) mass is 437 g/mol. The first-order valence-electron chi connectivity index (χ1n) is 9.35. The summed E-state index contributed by atoms with van der Waals surface area (Å²) >= 11 is 7.60. The predicted molar refractivity (Wildman–Crippen MR) is 121 cm³/mol. The number of hydrogen-bond acceptors (Lipinski definition) is 4. The maximum Gasteiger partial charge on any atom is 0.251 e. The molecule has 0 aliphatic carbocycles. The van der Waals surface area contributed by atoms with Gasteiger partial charge in [-0.1, -0.05) is 23.7 Å². The molecule has 0 unspecified atom stereocenters. The molecule has 4 aromatic rings. The molecule has 5 nitrogen and oxygen atoms in total. The summed E-state index contributed by atoms with van der Waals surface area (Å²) in [5.74, 6) is 0.462. The Morgan fingerprint density at radius 2 is 1.97 bits per heavy atom. The predicted octanol–water partition coefficient (Wildman–Crippen LogP) is 5.50. The highest BCUT2D eigenvalue weighted by Crippen LogP contribution is 2.29. The third-order valence-electron chi connectivity index (χ3n) is 4.65. The van der Waals surface area contributed by atoms with Crippen LogP contribution >= 0.6 is 22.9 Å². The van der Waals surface area contributed by atoms with E-state index < -0.39 is 0 Å². The summed E-state index contributed by atoms with van der Waals surface area (Å²) in [7, 11) is 1.59. The molecule has 0 radical (unpaired) electrons. The average Bonchev–Trinajstić information content (AvgIpc) is 3.41. The molecule has 1 amide bonds. The fourth-order valence-electron chi connectivity index (χ4n) is 3.10. The summed E-state index contributed by atoms with van der Waals surface area (Å²) in [5.41, 5.74) is 3.40. The van der Waals surface area contributed by atoms with Gasteiger partial charge in [0.15, 0.2) is 0 Å². The Morgan fingerprint density at radius 3 is 2.67 bits per heavy atom. The zero-order valence-electron chi connectivity index (χ0n) is 16.6. The number of ether oxygens (including phenoxy) is 1. The van der Waals surface area contributed by atoms with E-state index in [0.717, 1.165) is 26.7 Å².